The zero-order valence-electron chi connectivity index (χ0n) is 15.6. The van der Waals surface area contributed by atoms with Crippen molar-refractivity contribution in [2.45, 2.75) is 13.5 Å². The average molecular weight is 361 g/mol. The van der Waals surface area contributed by atoms with Crippen LogP contribution in [0.15, 0.2) is 72.8 Å². The summed E-state index contributed by atoms with van der Waals surface area (Å²) in [5, 5.41) is 3.16. The molecule has 3 rings (SSSR count). The topological polar surface area (TPSA) is 47.6 Å². The van der Waals surface area contributed by atoms with Crippen LogP contribution >= 0.6 is 0 Å². The molecule has 138 valence electrons. The number of hydrogen-bond acceptors (Lipinski definition) is 4. The monoisotopic (exact) mass is 361 g/mol. The minimum Gasteiger partial charge on any atom is -0.462 e. The first-order valence-corrected chi connectivity index (χ1v) is 8.99. The van der Waals surface area contributed by atoms with Gasteiger partial charge in [-0.3, -0.25) is 0 Å². The first-order valence-electron chi connectivity index (χ1n) is 8.99. The lowest BCUT2D eigenvalue weighted by molar-refractivity contribution is 0.0523. The van der Waals surface area contributed by atoms with Gasteiger partial charge >= 0.3 is 5.97 Å². The third kappa shape index (κ3) is 4.74. The van der Waals surface area contributed by atoms with Gasteiger partial charge in [0.25, 0.3) is 0 Å². The molecule has 4 heteroatoms. The Bertz CT molecular complexity index is 904. The van der Waals surface area contributed by atoms with E-state index in [9.17, 15) is 4.79 Å². The second kappa shape index (κ2) is 9.01. The minimum absolute atomic E-state index is 0.328. The lowest BCUT2D eigenvalue weighted by Crippen LogP contribution is -2.06. The molecule has 1 N–H and O–H groups in total. The van der Waals surface area contributed by atoms with Crippen LogP contribution in [0.1, 0.15) is 22.8 Å². The Hall–Kier alpha value is -3.11. The van der Waals surface area contributed by atoms with Gasteiger partial charge in [0.05, 0.1) is 6.61 Å². The zero-order chi connectivity index (χ0) is 19.1. The zero-order valence-corrected chi connectivity index (χ0v) is 15.6. The Morgan fingerprint density at radius 1 is 0.926 bits per heavy atom. The molecular formula is C23H23NO3. The van der Waals surface area contributed by atoms with E-state index in [1.165, 1.54) is 5.56 Å². The standard InChI is InChI=1S/C23H23NO3/c1-3-26-23(25)21-9-4-5-10-22(21)27-20-13-11-18(12-14-20)19-8-6-7-17(15-19)16-24-2/h4-15,24H,3,16H2,1-2H3. The summed E-state index contributed by atoms with van der Waals surface area (Å²) >= 11 is 0. The molecule has 0 heterocycles. The number of hydrogen-bond donors (Lipinski definition) is 1. The SMILES string of the molecule is CCOC(=O)c1ccccc1Oc1ccc(-c2cccc(CNC)c2)cc1. The van der Waals surface area contributed by atoms with E-state index in [4.69, 9.17) is 9.47 Å². The van der Waals surface area contributed by atoms with Crippen molar-refractivity contribution < 1.29 is 14.3 Å². The van der Waals surface area contributed by atoms with Gasteiger partial charge in [-0.25, -0.2) is 4.79 Å². The van der Waals surface area contributed by atoms with E-state index >= 15 is 0 Å². The average Bonchev–Trinajstić information content (AvgIpc) is 2.70. The highest BCUT2D eigenvalue weighted by atomic mass is 16.5. The number of nitrogens with one attached hydrogen (secondary N) is 1. The molecule has 0 unspecified atom stereocenters. The maximum atomic E-state index is 12.1. The Labute approximate surface area is 159 Å². The lowest BCUT2D eigenvalue weighted by atomic mass is 10.0. The molecule has 0 spiro atoms. The summed E-state index contributed by atoms with van der Waals surface area (Å²) < 4.78 is 11.0. The van der Waals surface area contributed by atoms with Gasteiger partial charge in [-0.05, 0) is 61.0 Å². The number of ether oxygens (including phenoxy) is 2. The van der Waals surface area contributed by atoms with Gasteiger partial charge in [0, 0.05) is 6.54 Å². The van der Waals surface area contributed by atoms with Crippen molar-refractivity contribution in [3.8, 4) is 22.6 Å². The van der Waals surface area contributed by atoms with E-state index in [2.05, 4.69) is 29.6 Å². The molecule has 3 aromatic rings. The highest BCUT2D eigenvalue weighted by Gasteiger charge is 2.13. The molecule has 0 bridgehead atoms. The Morgan fingerprint density at radius 3 is 2.44 bits per heavy atom. The quantitative estimate of drug-likeness (QED) is 0.599. The summed E-state index contributed by atoms with van der Waals surface area (Å²) in [6.07, 6.45) is 0. The number of esters is 1. The Balaban J connectivity index is 1.79. The van der Waals surface area contributed by atoms with Crippen molar-refractivity contribution in [2.24, 2.45) is 0 Å². The van der Waals surface area contributed by atoms with Gasteiger partial charge < -0.3 is 14.8 Å². The van der Waals surface area contributed by atoms with Crippen LogP contribution in [-0.2, 0) is 11.3 Å². The maximum absolute atomic E-state index is 12.1. The Morgan fingerprint density at radius 2 is 1.70 bits per heavy atom. The molecule has 0 fully saturated rings. The number of carbonyl (C=O) groups excluding carboxylic acids is 1. The van der Waals surface area contributed by atoms with Gasteiger partial charge in [-0.2, -0.15) is 0 Å². The van der Waals surface area contributed by atoms with Crippen LogP contribution in [-0.4, -0.2) is 19.6 Å². The van der Waals surface area contributed by atoms with E-state index < -0.39 is 0 Å². The van der Waals surface area contributed by atoms with E-state index in [1.54, 1.807) is 25.1 Å². The van der Waals surface area contributed by atoms with Crippen molar-refractivity contribution in [1.29, 1.82) is 0 Å². The highest BCUT2D eigenvalue weighted by molar-refractivity contribution is 5.92. The fourth-order valence-electron chi connectivity index (χ4n) is 2.84. The summed E-state index contributed by atoms with van der Waals surface area (Å²) in [7, 11) is 1.94. The van der Waals surface area contributed by atoms with E-state index in [0.717, 1.165) is 17.7 Å². The van der Waals surface area contributed by atoms with Crippen molar-refractivity contribution in [3.05, 3.63) is 83.9 Å². The van der Waals surface area contributed by atoms with Crippen LogP contribution in [0.25, 0.3) is 11.1 Å². The van der Waals surface area contributed by atoms with Crippen LogP contribution in [0.5, 0.6) is 11.5 Å². The third-order valence-electron chi connectivity index (χ3n) is 4.11. The molecule has 0 saturated heterocycles. The first kappa shape index (κ1) is 18.7. The van der Waals surface area contributed by atoms with Crippen LogP contribution in [0, 0.1) is 0 Å². The smallest absolute Gasteiger partial charge is 0.341 e. The molecule has 4 nitrogen and oxygen atoms in total. The van der Waals surface area contributed by atoms with Gasteiger partial charge in [-0.1, -0.05) is 42.5 Å². The van der Waals surface area contributed by atoms with Crippen molar-refractivity contribution in [2.75, 3.05) is 13.7 Å². The summed E-state index contributed by atoms with van der Waals surface area (Å²) in [6, 6.07) is 23.3. The molecule has 0 aliphatic heterocycles. The fraction of sp³-hybridized carbons (Fsp3) is 0.174. The van der Waals surface area contributed by atoms with Crippen LogP contribution in [0.3, 0.4) is 0 Å². The summed E-state index contributed by atoms with van der Waals surface area (Å²) in [4.78, 5) is 12.1. The predicted molar refractivity (Wildman–Crippen MR) is 107 cm³/mol. The summed E-state index contributed by atoms with van der Waals surface area (Å²) in [5.74, 6) is 0.771. The lowest BCUT2D eigenvalue weighted by Gasteiger charge is -2.11. The number of benzene rings is 3. The number of para-hydroxylation sites is 1. The fourth-order valence-corrected chi connectivity index (χ4v) is 2.84. The third-order valence-corrected chi connectivity index (χ3v) is 4.11. The molecule has 0 amide bonds. The number of carbonyl (C=O) groups is 1. The molecule has 3 aromatic carbocycles. The van der Waals surface area contributed by atoms with E-state index in [-0.39, 0.29) is 5.97 Å². The largest absolute Gasteiger partial charge is 0.462 e. The summed E-state index contributed by atoms with van der Waals surface area (Å²) in [5.41, 5.74) is 3.92. The molecule has 0 aliphatic carbocycles. The first-order chi connectivity index (χ1) is 13.2. The molecule has 0 aromatic heterocycles. The van der Waals surface area contributed by atoms with Gasteiger partial charge in [0.15, 0.2) is 0 Å². The molecule has 0 aliphatic rings. The minimum atomic E-state index is -0.383. The molecule has 0 saturated carbocycles. The molecule has 0 atom stereocenters. The Kier molecular flexibility index (Phi) is 6.23. The molecule has 0 radical (unpaired) electrons. The van der Waals surface area contributed by atoms with Crippen molar-refractivity contribution >= 4 is 5.97 Å². The van der Waals surface area contributed by atoms with E-state index in [1.807, 2.05) is 37.4 Å². The normalized spacial score (nSPS) is 10.4. The van der Waals surface area contributed by atoms with Crippen LogP contribution in [0.4, 0.5) is 0 Å². The maximum Gasteiger partial charge on any atom is 0.341 e. The predicted octanol–water partition coefficient (Wildman–Crippen LogP) is 5.04. The van der Waals surface area contributed by atoms with Gasteiger partial charge in [-0.15, -0.1) is 0 Å². The van der Waals surface area contributed by atoms with Crippen LogP contribution < -0.4 is 10.1 Å². The second-order valence-electron chi connectivity index (χ2n) is 6.07. The van der Waals surface area contributed by atoms with E-state index in [0.29, 0.717) is 23.7 Å². The van der Waals surface area contributed by atoms with Crippen LogP contribution in [0.2, 0.25) is 0 Å². The second-order valence-corrected chi connectivity index (χ2v) is 6.07. The van der Waals surface area contributed by atoms with Gasteiger partial charge in [0.2, 0.25) is 0 Å². The van der Waals surface area contributed by atoms with Crippen molar-refractivity contribution in [3.63, 3.8) is 0 Å². The highest BCUT2D eigenvalue weighted by Crippen LogP contribution is 2.28. The molecule has 27 heavy (non-hydrogen) atoms. The van der Waals surface area contributed by atoms with Crippen molar-refractivity contribution in [1.82, 2.24) is 5.32 Å². The molecular weight excluding hydrogens is 338 g/mol. The number of rotatable bonds is 7. The van der Waals surface area contributed by atoms with Gasteiger partial charge in [0.1, 0.15) is 17.1 Å². The summed E-state index contributed by atoms with van der Waals surface area (Å²) in [6.45, 7) is 2.94.